The predicted octanol–water partition coefficient (Wildman–Crippen LogP) is 4.47. The highest BCUT2D eigenvalue weighted by molar-refractivity contribution is 7.89. The summed E-state index contributed by atoms with van der Waals surface area (Å²) in [5.41, 5.74) is 2.58. The molecule has 1 aromatic heterocycles. The van der Waals surface area contributed by atoms with E-state index in [1.807, 2.05) is 10.6 Å². The van der Waals surface area contributed by atoms with E-state index in [-0.39, 0.29) is 46.0 Å². The molecule has 0 radical (unpaired) electrons. The summed E-state index contributed by atoms with van der Waals surface area (Å²) in [6.07, 6.45) is 7.58. The molecule has 40 heavy (non-hydrogen) atoms. The zero-order chi connectivity index (χ0) is 27.8. The topological polar surface area (TPSA) is 113 Å². The van der Waals surface area contributed by atoms with Crippen molar-refractivity contribution in [3.63, 3.8) is 0 Å². The normalized spacial score (nSPS) is 30.6. The van der Waals surface area contributed by atoms with Crippen molar-refractivity contribution >= 4 is 21.6 Å². The number of sulfonamides is 1. The molecule has 10 heteroatoms. The molecule has 4 unspecified atom stereocenters. The van der Waals surface area contributed by atoms with Crippen LogP contribution in [0, 0.1) is 29.0 Å². The van der Waals surface area contributed by atoms with Crippen LogP contribution in [0.3, 0.4) is 0 Å². The molecule has 8 rings (SSSR count). The Labute approximate surface area is 233 Å². The average Bonchev–Trinajstić information content (AvgIpc) is 3.49. The molecule has 5 aliphatic rings. The number of carbonyl (C=O) groups is 1. The highest BCUT2D eigenvalue weighted by atomic mass is 32.2. The Bertz CT molecular complexity index is 1570. The van der Waals surface area contributed by atoms with Gasteiger partial charge >= 0.3 is 0 Å². The van der Waals surface area contributed by atoms with E-state index in [1.54, 1.807) is 30.7 Å². The molecule has 210 valence electrons. The monoisotopic (exact) mass is 564 g/mol. The van der Waals surface area contributed by atoms with E-state index in [4.69, 9.17) is 0 Å². The number of benzene rings is 2. The van der Waals surface area contributed by atoms with Gasteiger partial charge in [-0.15, -0.1) is 0 Å². The summed E-state index contributed by atoms with van der Waals surface area (Å²) in [4.78, 5) is 15.8. The third kappa shape index (κ3) is 4.11. The Hall–Kier alpha value is -3.08. The number of hydrogen-bond donors (Lipinski definition) is 3. The number of amides is 1. The van der Waals surface area contributed by atoms with Crippen LogP contribution in [0.1, 0.15) is 57.1 Å². The van der Waals surface area contributed by atoms with E-state index < -0.39 is 16.1 Å². The molecule has 0 spiro atoms. The van der Waals surface area contributed by atoms with E-state index in [0.717, 1.165) is 43.4 Å². The first kappa shape index (κ1) is 25.9. The number of hydrogen-bond acceptors (Lipinski definition) is 5. The second kappa shape index (κ2) is 9.22. The zero-order valence-electron chi connectivity index (χ0n) is 22.3. The number of aliphatic hydroxyl groups excluding tert-OH is 1. The maximum atomic E-state index is 15.0. The number of carbonyl (C=O) groups excluding carboxylic acids is 1. The number of imidazole rings is 1. The van der Waals surface area contributed by atoms with Gasteiger partial charge in [0.25, 0.3) is 0 Å². The molecule has 3 N–H and O–H groups in total. The number of aromatic nitrogens is 2. The lowest BCUT2D eigenvalue weighted by Gasteiger charge is -2.61. The molecule has 4 atom stereocenters. The van der Waals surface area contributed by atoms with Crippen molar-refractivity contribution < 1.29 is 22.7 Å². The molecule has 8 nitrogen and oxygen atoms in total. The number of halogens is 1. The molecular weight excluding hydrogens is 531 g/mol. The number of rotatable bonds is 7. The first-order valence-corrected chi connectivity index (χ1v) is 15.5. The van der Waals surface area contributed by atoms with Gasteiger partial charge in [-0.05, 0) is 92.0 Å². The van der Waals surface area contributed by atoms with Crippen molar-refractivity contribution in [1.29, 1.82) is 0 Å². The summed E-state index contributed by atoms with van der Waals surface area (Å²) < 4.78 is 46.7. The van der Waals surface area contributed by atoms with E-state index in [9.17, 15) is 18.3 Å². The Balaban J connectivity index is 1.10. The summed E-state index contributed by atoms with van der Waals surface area (Å²) in [6.45, 7) is 1.40. The third-order valence-electron chi connectivity index (χ3n) is 9.91. The molecular formula is C30H33FN4O4S. The number of nitrogens with zero attached hydrogens (tertiary/aromatic N) is 2. The van der Waals surface area contributed by atoms with Gasteiger partial charge < -0.3 is 15.0 Å². The van der Waals surface area contributed by atoms with Gasteiger partial charge in [0.05, 0.1) is 35.3 Å². The van der Waals surface area contributed by atoms with Crippen LogP contribution in [0.25, 0.3) is 11.3 Å². The van der Waals surface area contributed by atoms with E-state index >= 15 is 4.39 Å². The lowest BCUT2D eigenvalue weighted by atomic mass is 9.46. The zero-order valence-corrected chi connectivity index (χ0v) is 23.1. The highest BCUT2D eigenvalue weighted by Crippen LogP contribution is 2.62. The maximum absolute atomic E-state index is 15.0. The quantitative estimate of drug-likeness (QED) is 0.392. The van der Waals surface area contributed by atoms with Crippen molar-refractivity contribution in [3.05, 3.63) is 66.4 Å². The van der Waals surface area contributed by atoms with Crippen molar-refractivity contribution in [2.24, 2.45) is 23.2 Å². The van der Waals surface area contributed by atoms with E-state index in [1.165, 1.54) is 25.1 Å². The first-order chi connectivity index (χ1) is 19.1. The van der Waals surface area contributed by atoms with Crippen LogP contribution in [0.2, 0.25) is 0 Å². The fourth-order valence-electron chi connectivity index (χ4n) is 8.55. The van der Waals surface area contributed by atoms with E-state index in [0.29, 0.717) is 23.6 Å². The molecule has 1 aliphatic heterocycles. The summed E-state index contributed by atoms with van der Waals surface area (Å²) >= 11 is 0. The highest BCUT2D eigenvalue weighted by Gasteiger charge is 2.58. The predicted molar refractivity (Wildman–Crippen MR) is 147 cm³/mol. The third-order valence-corrected chi connectivity index (χ3v) is 11.4. The lowest BCUT2D eigenvalue weighted by Crippen LogP contribution is -2.61. The number of fused-ring (bicyclic) bond motifs is 3. The molecule has 4 saturated carbocycles. The molecule has 2 heterocycles. The van der Waals surface area contributed by atoms with Gasteiger partial charge in [0.15, 0.2) is 0 Å². The van der Waals surface area contributed by atoms with Crippen LogP contribution >= 0.6 is 0 Å². The molecule has 1 amide bonds. The molecule has 4 fully saturated rings. The molecule has 3 aromatic rings. The van der Waals surface area contributed by atoms with Gasteiger partial charge in [0.2, 0.25) is 15.9 Å². The first-order valence-electron chi connectivity index (χ1n) is 14.0. The minimum Gasteiger partial charge on any atom is -0.392 e. The van der Waals surface area contributed by atoms with E-state index in [2.05, 4.69) is 15.0 Å². The van der Waals surface area contributed by atoms with Crippen LogP contribution in [-0.2, 0) is 14.8 Å². The van der Waals surface area contributed by atoms with Crippen LogP contribution in [0.4, 0.5) is 10.1 Å². The molecule has 0 saturated heterocycles. The Morgan fingerprint density at radius 1 is 1.15 bits per heavy atom. The van der Waals surface area contributed by atoms with Crippen LogP contribution < -0.4 is 10.0 Å². The Morgan fingerprint density at radius 3 is 2.58 bits per heavy atom. The number of anilines is 1. The van der Waals surface area contributed by atoms with Crippen LogP contribution in [-0.4, -0.2) is 41.1 Å². The SMILES string of the molecule is CC(=O)Nc1ccc(S(=O)(=O)NC2C3CC4CC2CC(C(O)CC2c5c(F)cccc5-c5cncn52)(C4)C3)cc1. The van der Waals surface area contributed by atoms with Gasteiger partial charge in [0, 0.05) is 29.8 Å². The van der Waals surface area contributed by atoms with Gasteiger partial charge in [-0.1, -0.05) is 12.1 Å². The summed E-state index contributed by atoms with van der Waals surface area (Å²) in [7, 11) is -3.75. The van der Waals surface area contributed by atoms with Crippen molar-refractivity contribution in [2.75, 3.05) is 5.32 Å². The smallest absolute Gasteiger partial charge is 0.240 e. The van der Waals surface area contributed by atoms with Gasteiger partial charge in [0.1, 0.15) is 5.82 Å². The average molecular weight is 565 g/mol. The minimum absolute atomic E-state index is 0.144. The number of aliphatic hydroxyl groups is 1. The van der Waals surface area contributed by atoms with Crippen LogP contribution in [0.5, 0.6) is 0 Å². The second-order valence-corrected chi connectivity index (χ2v) is 14.1. The second-order valence-electron chi connectivity index (χ2n) is 12.3. The fourth-order valence-corrected chi connectivity index (χ4v) is 9.92. The van der Waals surface area contributed by atoms with Crippen molar-refractivity contribution in [1.82, 2.24) is 14.3 Å². The standard InChI is InChI=1S/C30H33FN4O4S/c1-17(36)33-21-5-7-22(8-6-21)40(38,39)34-29-19-9-18-10-20(29)14-30(12-18,13-19)27(37)11-25-28-23(3-2-4-24(28)31)26-15-32-16-35(25)26/h2-8,15-16,18-20,25,27,29,34,37H,9-14H2,1H3,(H,33,36). The number of nitrogens with one attached hydrogen (secondary N) is 2. The van der Waals surface area contributed by atoms with Gasteiger partial charge in [-0.25, -0.2) is 22.5 Å². The summed E-state index contributed by atoms with van der Waals surface area (Å²) in [5.74, 6) is 0.271. The lowest BCUT2D eigenvalue weighted by molar-refractivity contribution is -0.134. The Kier molecular flexibility index (Phi) is 5.96. The molecule has 4 aliphatic carbocycles. The summed E-state index contributed by atoms with van der Waals surface area (Å²) in [5, 5.41) is 14.5. The fraction of sp³-hybridized carbons (Fsp3) is 0.467. The molecule has 4 bridgehead atoms. The summed E-state index contributed by atoms with van der Waals surface area (Å²) in [6, 6.07) is 10.8. The van der Waals surface area contributed by atoms with Crippen molar-refractivity contribution in [3.8, 4) is 11.3 Å². The van der Waals surface area contributed by atoms with Crippen molar-refractivity contribution in [2.45, 2.75) is 68.5 Å². The molecule has 2 aromatic carbocycles. The Morgan fingerprint density at radius 2 is 1.88 bits per heavy atom. The minimum atomic E-state index is -3.75. The largest absolute Gasteiger partial charge is 0.392 e. The van der Waals surface area contributed by atoms with Gasteiger partial charge in [-0.3, -0.25) is 4.79 Å². The maximum Gasteiger partial charge on any atom is 0.240 e. The van der Waals surface area contributed by atoms with Crippen LogP contribution in [0.15, 0.2) is 59.9 Å². The van der Waals surface area contributed by atoms with Gasteiger partial charge in [-0.2, -0.15) is 0 Å².